The molecule has 1 fully saturated rings. The zero-order valence-corrected chi connectivity index (χ0v) is 44.1. The number of ketones is 1. The van der Waals surface area contributed by atoms with E-state index in [-0.39, 0.29) is 11.5 Å². The number of Topliss-reactive ketones (excluding diaryl/α,β-unsaturated/α-hetero) is 1. The van der Waals surface area contributed by atoms with E-state index < -0.39 is 67.5 Å². The van der Waals surface area contributed by atoms with Crippen LogP contribution in [0.1, 0.15) is 108 Å². The number of rotatable bonds is 19. The molecule has 1 aliphatic rings. The first-order chi connectivity index (χ1) is 34.4. The van der Waals surface area contributed by atoms with Crippen LogP contribution in [0, 0.1) is 11.3 Å². The minimum Gasteiger partial charge on any atom is -0.459 e. The fraction of sp³-hybridized carbons (Fsp3) is 0.344. The van der Waals surface area contributed by atoms with Crippen molar-refractivity contribution in [3.05, 3.63) is 215 Å². The fourth-order valence-corrected chi connectivity index (χ4v) is 13.2. The predicted molar refractivity (Wildman–Crippen MR) is 292 cm³/mol. The van der Waals surface area contributed by atoms with Gasteiger partial charge in [-0.05, 0) is 94.7 Å². The van der Waals surface area contributed by atoms with Crippen molar-refractivity contribution in [2.45, 2.75) is 112 Å². The molecule has 7 rings (SSSR count). The van der Waals surface area contributed by atoms with E-state index in [0.717, 1.165) is 33.4 Å². The molecule has 4 N–H and O–H groups in total. The Hall–Kier alpha value is -6.14. The van der Waals surface area contributed by atoms with Gasteiger partial charge in [-0.3, -0.25) is 14.4 Å². The number of alkyl carbamates (subject to hydrolysis) is 1. The number of nitrogens with two attached hydrogens (primary N) is 1. The third-order valence-electron chi connectivity index (χ3n) is 13.3. The van der Waals surface area contributed by atoms with Gasteiger partial charge in [0.05, 0.1) is 14.9 Å². The van der Waals surface area contributed by atoms with Crippen LogP contribution in [0.5, 0.6) is 0 Å². The summed E-state index contributed by atoms with van der Waals surface area (Å²) in [6, 6.07) is 58.5. The Morgan fingerprint density at radius 3 is 1.24 bits per heavy atom. The topological polar surface area (TPSA) is 137 Å². The van der Waals surface area contributed by atoms with Crippen LogP contribution >= 0.6 is 23.5 Å². The highest BCUT2D eigenvalue weighted by molar-refractivity contribution is 8.01. The van der Waals surface area contributed by atoms with Crippen LogP contribution in [0.4, 0.5) is 4.79 Å². The number of hydrogen-bond donors (Lipinski definition) is 3. The lowest BCUT2D eigenvalue weighted by molar-refractivity contribution is -0.164. The zero-order valence-electron chi connectivity index (χ0n) is 42.5. The first-order valence-corrected chi connectivity index (χ1v) is 26.7. The van der Waals surface area contributed by atoms with Gasteiger partial charge in [0.25, 0.3) is 0 Å². The molecule has 0 spiro atoms. The molecule has 0 saturated heterocycles. The van der Waals surface area contributed by atoms with Gasteiger partial charge in [-0.15, -0.1) is 23.5 Å². The maximum absolute atomic E-state index is 15.9. The first-order valence-electron chi connectivity index (χ1n) is 24.9. The number of carbonyl (C=O) groups excluding carboxylic acids is 4. The molecule has 376 valence electrons. The van der Waals surface area contributed by atoms with Crippen LogP contribution in [-0.2, 0) is 33.4 Å². The Labute approximate surface area is 434 Å². The molecule has 1 saturated carbocycles. The van der Waals surface area contributed by atoms with Crippen molar-refractivity contribution in [2.75, 3.05) is 5.75 Å². The lowest BCUT2D eigenvalue weighted by atomic mass is 9.71. The lowest BCUT2D eigenvalue weighted by Crippen LogP contribution is -2.58. The molecule has 4 atom stereocenters. The van der Waals surface area contributed by atoms with Gasteiger partial charge in [-0.25, -0.2) is 4.79 Å². The van der Waals surface area contributed by atoms with Crippen LogP contribution in [0.3, 0.4) is 0 Å². The van der Waals surface area contributed by atoms with Crippen LogP contribution in [-0.4, -0.2) is 58.2 Å². The molecule has 0 bridgehead atoms. The van der Waals surface area contributed by atoms with E-state index in [1.54, 1.807) is 41.5 Å². The monoisotopic (exact) mass is 1000 g/mol. The van der Waals surface area contributed by atoms with E-state index in [1.807, 2.05) is 153 Å². The summed E-state index contributed by atoms with van der Waals surface area (Å²) in [7, 11) is 0. The second-order valence-electron chi connectivity index (χ2n) is 20.6. The van der Waals surface area contributed by atoms with Crippen molar-refractivity contribution in [3.8, 4) is 0 Å². The van der Waals surface area contributed by atoms with E-state index >= 15 is 9.59 Å². The summed E-state index contributed by atoms with van der Waals surface area (Å²) >= 11 is 2.88. The van der Waals surface area contributed by atoms with Crippen molar-refractivity contribution >= 4 is 47.3 Å². The maximum Gasteiger partial charge on any atom is 0.408 e. The molecule has 72 heavy (non-hydrogen) atoms. The summed E-state index contributed by atoms with van der Waals surface area (Å²) in [5.41, 5.74) is 10.2. The number of ether oxygens (including phenoxy) is 2. The van der Waals surface area contributed by atoms with Gasteiger partial charge < -0.3 is 25.8 Å². The quantitative estimate of drug-likeness (QED) is 0.0313. The minimum atomic E-state index is -1.43. The highest BCUT2D eigenvalue weighted by Crippen LogP contribution is 2.53. The number of amides is 2. The zero-order chi connectivity index (χ0) is 51.6. The number of hydrogen-bond acceptors (Lipinski definition) is 9. The third-order valence-corrected chi connectivity index (χ3v) is 16.6. The second kappa shape index (κ2) is 23.2. The Bertz CT molecular complexity index is 2520. The number of nitrogens with one attached hydrogen (secondary N) is 2. The first kappa shape index (κ1) is 53.7. The third kappa shape index (κ3) is 12.2. The predicted octanol–water partition coefficient (Wildman–Crippen LogP) is 12.2. The Morgan fingerprint density at radius 1 is 0.542 bits per heavy atom. The summed E-state index contributed by atoms with van der Waals surface area (Å²) in [4.78, 5) is 59.7. The van der Waals surface area contributed by atoms with Gasteiger partial charge in [0, 0.05) is 17.2 Å². The molecule has 11 heteroatoms. The minimum absolute atomic E-state index is 0.111. The van der Waals surface area contributed by atoms with E-state index in [0.29, 0.717) is 25.7 Å². The molecule has 6 aromatic carbocycles. The standard InChI is InChI=1S/C61H69N3O6S2/c1-43(63-54(66)50(64-56(68)70-58(5,6)7)42-71-60(44-28-14-8-15-29-44,45-30-16-9-17-31-45)46-32-18-10-19-33-46)59(40-26-27-41-59)52(65)51(55(67)69-57(2,3)4)53(62)72-61(47-34-20-11-21-35-47,48-36-22-12-23-37-48)49-38-24-13-25-39-49/h8-25,28-39,43,50-51,53H,26-27,40-42,62H2,1-7H3,(H,63,66)(H,64,68)/t43?,50-,51?,53?/m0/s1. The normalized spacial score (nSPS) is 15.6. The van der Waals surface area contributed by atoms with Crippen molar-refractivity contribution in [3.63, 3.8) is 0 Å². The number of esters is 1. The van der Waals surface area contributed by atoms with E-state index in [1.165, 1.54) is 23.5 Å². The Balaban J connectivity index is 1.27. The molecule has 3 unspecified atom stereocenters. The highest BCUT2D eigenvalue weighted by Gasteiger charge is 2.54. The molecule has 1 aliphatic carbocycles. The molecule has 0 aromatic heterocycles. The fourth-order valence-electron chi connectivity index (χ4n) is 10.0. The largest absolute Gasteiger partial charge is 0.459 e. The van der Waals surface area contributed by atoms with Crippen molar-refractivity contribution in [1.29, 1.82) is 0 Å². The molecule has 2 amide bonds. The summed E-state index contributed by atoms with van der Waals surface area (Å²) in [5.74, 6) is -2.92. The van der Waals surface area contributed by atoms with Gasteiger partial charge in [-0.2, -0.15) is 0 Å². The van der Waals surface area contributed by atoms with Crippen molar-refractivity contribution in [2.24, 2.45) is 17.1 Å². The van der Waals surface area contributed by atoms with Gasteiger partial charge in [-0.1, -0.05) is 195 Å². The highest BCUT2D eigenvalue weighted by atomic mass is 32.2. The van der Waals surface area contributed by atoms with Crippen molar-refractivity contribution < 1.29 is 28.7 Å². The van der Waals surface area contributed by atoms with E-state index in [2.05, 4.69) is 47.0 Å². The van der Waals surface area contributed by atoms with Crippen molar-refractivity contribution in [1.82, 2.24) is 10.6 Å². The second-order valence-corrected chi connectivity index (χ2v) is 23.2. The summed E-state index contributed by atoms with van der Waals surface area (Å²) in [5, 5.41) is 5.03. The van der Waals surface area contributed by atoms with Gasteiger partial charge in [0.1, 0.15) is 23.2 Å². The maximum atomic E-state index is 15.9. The molecule has 0 radical (unpaired) electrons. The van der Waals surface area contributed by atoms with Crippen LogP contribution < -0.4 is 16.4 Å². The molecular formula is C61H69N3O6S2. The summed E-state index contributed by atoms with van der Waals surface area (Å²) in [6.45, 7) is 12.5. The SMILES string of the molecule is CC(NC(=O)[C@H](CSC(c1ccccc1)(c1ccccc1)c1ccccc1)NC(=O)OC(C)(C)C)C1(C(=O)C(C(=O)OC(C)(C)C)C(N)SC(c2ccccc2)(c2ccccc2)c2ccccc2)CCCC1. The van der Waals surface area contributed by atoms with Crippen LogP contribution in [0.15, 0.2) is 182 Å². The summed E-state index contributed by atoms with van der Waals surface area (Å²) in [6.07, 6.45) is 1.45. The number of carbonyl (C=O) groups is 4. The van der Waals surface area contributed by atoms with Gasteiger partial charge in [0.15, 0.2) is 5.78 Å². The lowest BCUT2D eigenvalue weighted by Gasteiger charge is -2.42. The smallest absolute Gasteiger partial charge is 0.408 e. The van der Waals surface area contributed by atoms with E-state index in [4.69, 9.17) is 15.2 Å². The van der Waals surface area contributed by atoms with Crippen LogP contribution in [0.2, 0.25) is 0 Å². The van der Waals surface area contributed by atoms with Gasteiger partial charge in [0.2, 0.25) is 5.91 Å². The molecule has 0 heterocycles. The summed E-state index contributed by atoms with van der Waals surface area (Å²) < 4.78 is 10.1. The van der Waals surface area contributed by atoms with E-state index in [9.17, 15) is 9.59 Å². The number of thioether (sulfide) groups is 2. The average Bonchev–Trinajstić information content (AvgIpc) is 3.88. The Kier molecular flexibility index (Phi) is 17.3. The molecule has 6 aromatic rings. The Morgan fingerprint density at radius 2 is 0.889 bits per heavy atom. The molecular weight excluding hydrogens is 935 g/mol. The molecule has 0 aliphatic heterocycles. The average molecular weight is 1000 g/mol. The van der Waals surface area contributed by atoms with Gasteiger partial charge >= 0.3 is 12.1 Å². The van der Waals surface area contributed by atoms with Crippen LogP contribution in [0.25, 0.3) is 0 Å². The molecule has 9 nitrogen and oxygen atoms in total. The number of benzene rings is 6.